The minimum Gasteiger partial charge on any atom is -0.483 e. The van der Waals surface area contributed by atoms with Crippen molar-refractivity contribution in [1.29, 1.82) is 0 Å². The average Bonchev–Trinajstić information content (AvgIpc) is 3.42. The predicted octanol–water partition coefficient (Wildman–Crippen LogP) is 2.93. The molecule has 2 aromatic rings. The van der Waals surface area contributed by atoms with Crippen LogP contribution < -0.4 is 4.90 Å². The number of nitrogens with zero attached hydrogens (tertiary/aromatic N) is 3. The number of anilines is 1. The molecule has 31 heavy (non-hydrogen) atoms. The van der Waals surface area contributed by atoms with E-state index in [-0.39, 0.29) is 18.3 Å². The molecule has 3 heterocycles. The minimum atomic E-state index is -0.643. The van der Waals surface area contributed by atoms with Crippen LogP contribution in [0.1, 0.15) is 49.7 Å². The molecule has 4 rings (SSSR count). The van der Waals surface area contributed by atoms with Crippen LogP contribution >= 0.6 is 0 Å². The lowest BCUT2D eigenvalue weighted by atomic mass is 9.84. The third-order valence-electron chi connectivity index (χ3n) is 6.16. The van der Waals surface area contributed by atoms with Gasteiger partial charge in [0.15, 0.2) is 0 Å². The monoisotopic (exact) mass is 426 g/mol. The maximum absolute atomic E-state index is 13.5. The molecule has 1 atom stereocenters. The van der Waals surface area contributed by atoms with E-state index in [0.29, 0.717) is 13.0 Å². The first kappa shape index (κ1) is 22.5. The molecule has 0 radical (unpaired) electrons. The van der Waals surface area contributed by atoms with Crippen LogP contribution in [0.4, 0.5) is 5.69 Å². The van der Waals surface area contributed by atoms with Gasteiger partial charge in [-0.15, -0.1) is 0 Å². The van der Waals surface area contributed by atoms with Gasteiger partial charge in [0.25, 0.3) is 12.4 Å². The standard InChI is InChI=1S/C22H28N4O2.CH2O2/c1-17-7-9-19(10-8-17)25-13-3-11-22(21(25)28)12-4-14-26(22)20(27)6-2-5-18-15-23-24-16-18;2-1-3/h7-10,15-16H,2-6,11-14H2,1H3,(H,23,24);1H,(H,2,3). The summed E-state index contributed by atoms with van der Waals surface area (Å²) >= 11 is 0. The van der Waals surface area contributed by atoms with Crippen LogP contribution in [0.3, 0.4) is 0 Å². The molecule has 2 aliphatic heterocycles. The number of aromatic amines is 1. The summed E-state index contributed by atoms with van der Waals surface area (Å²) in [5, 5.41) is 13.6. The first-order valence-electron chi connectivity index (χ1n) is 10.8. The van der Waals surface area contributed by atoms with Crippen molar-refractivity contribution in [2.75, 3.05) is 18.0 Å². The summed E-state index contributed by atoms with van der Waals surface area (Å²) in [4.78, 5) is 38.7. The van der Waals surface area contributed by atoms with E-state index in [1.165, 1.54) is 5.56 Å². The summed E-state index contributed by atoms with van der Waals surface area (Å²) < 4.78 is 0. The molecule has 0 bridgehead atoms. The van der Waals surface area contributed by atoms with E-state index in [2.05, 4.69) is 10.2 Å². The van der Waals surface area contributed by atoms with Crippen molar-refractivity contribution in [3.8, 4) is 0 Å². The second-order valence-electron chi connectivity index (χ2n) is 8.14. The molecule has 8 nitrogen and oxygen atoms in total. The van der Waals surface area contributed by atoms with Crippen molar-refractivity contribution in [2.45, 2.75) is 57.4 Å². The highest BCUT2D eigenvalue weighted by Gasteiger charge is 2.52. The Morgan fingerprint density at radius 3 is 2.55 bits per heavy atom. The topological polar surface area (TPSA) is 107 Å². The number of rotatable bonds is 5. The van der Waals surface area contributed by atoms with Gasteiger partial charge in [-0.25, -0.2) is 0 Å². The highest BCUT2D eigenvalue weighted by Crippen LogP contribution is 2.40. The first-order chi connectivity index (χ1) is 15.0. The first-order valence-corrected chi connectivity index (χ1v) is 10.8. The number of benzene rings is 1. The van der Waals surface area contributed by atoms with Gasteiger partial charge in [-0.3, -0.25) is 19.5 Å². The predicted molar refractivity (Wildman–Crippen MR) is 117 cm³/mol. The van der Waals surface area contributed by atoms with Crippen molar-refractivity contribution in [1.82, 2.24) is 15.1 Å². The van der Waals surface area contributed by atoms with Crippen molar-refractivity contribution in [3.63, 3.8) is 0 Å². The van der Waals surface area contributed by atoms with Gasteiger partial charge in [-0.2, -0.15) is 5.10 Å². The number of likely N-dealkylation sites (tertiary alicyclic amines) is 1. The summed E-state index contributed by atoms with van der Waals surface area (Å²) in [6.07, 6.45) is 9.14. The number of carbonyl (C=O) groups is 3. The normalized spacial score (nSPS) is 20.5. The summed E-state index contributed by atoms with van der Waals surface area (Å²) in [6.45, 7) is 3.22. The van der Waals surface area contributed by atoms with Gasteiger partial charge < -0.3 is 14.9 Å². The van der Waals surface area contributed by atoms with Gasteiger partial charge in [0.05, 0.1) is 6.20 Å². The number of nitrogens with one attached hydrogen (secondary N) is 1. The zero-order valence-corrected chi connectivity index (χ0v) is 17.9. The number of aryl methyl sites for hydroxylation is 2. The van der Waals surface area contributed by atoms with Crippen molar-refractivity contribution < 1.29 is 19.5 Å². The van der Waals surface area contributed by atoms with Crippen LogP contribution in [0.25, 0.3) is 0 Å². The maximum Gasteiger partial charge on any atom is 0.290 e. The summed E-state index contributed by atoms with van der Waals surface area (Å²) in [5.74, 6) is 0.211. The van der Waals surface area contributed by atoms with Crippen molar-refractivity contribution >= 4 is 24.0 Å². The Bertz CT molecular complexity index is 881. The van der Waals surface area contributed by atoms with Gasteiger partial charge in [0, 0.05) is 31.4 Å². The van der Waals surface area contributed by atoms with Crippen LogP contribution in [0, 0.1) is 6.92 Å². The van der Waals surface area contributed by atoms with Crippen molar-refractivity contribution in [3.05, 3.63) is 47.8 Å². The second kappa shape index (κ2) is 10.2. The molecule has 0 saturated carbocycles. The molecule has 2 fully saturated rings. The average molecular weight is 427 g/mol. The van der Waals surface area contributed by atoms with Crippen LogP contribution in [-0.2, 0) is 20.8 Å². The van der Waals surface area contributed by atoms with E-state index >= 15 is 0 Å². The second-order valence-corrected chi connectivity index (χ2v) is 8.14. The molecule has 2 amide bonds. The molecule has 2 aliphatic rings. The number of H-pyrrole nitrogens is 1. The van der Waals surface area contributed by atoms with Crippen LogP contribution in [-0.4, -0.2) is 57.1 Å². The van der Waals surface area contributed by atoms with Gasteiger partial charge in [0.1, 0.15) is 5.54 Å². The van der Waals surface area contributed by atoms with Crippen LogP contribution in [0.15, 0.2) is 36.7 Å². The Hall–Kier alpha value is -3.16. The number of hydrogen-bond acceptors (Lipinski definition) is 4. The maximum atomic E-state index is 13.5. The Labute approximate surface area is 182 Å². The van der Waals surface area contributed by atoms with Gasteiger partial charge in [0.2, 0.25) is 5.91 Å². The number of piperidine rings is 1. The van der Waals surface area contributed by atoms with E-state index in [9.17, 15) is 9.59 Å². The lowest BCUT2D eigenvalue weighted by molar-refractivity contribution is -0.145. The molecule has 1 aromatic carbocycles. The van der Waals surface area contributed by atoms with Gasteiger partial charge in [-0.1, -0.05) is 17.7 Å². The van der Waals surface area contributed by atoms with E-state index in [4.69, 9.17) is 9.90 Å². The molecule has 166 valence electrons. The Kier molecular flexibility index (Phi) is 7.44. The fourth-order valence-corrected chi connectivity index (χ4v) is 4.68. The molecule has 1 aromatic heterocycles. The smallest absolute Gasteiger partial charge is 0.290 e. The summed E-state index contributed by atoms with van der Waals surface area (Å²) in [5.41, 5.74) is 2.59. The fraction of sp³-hybridized carbons (Fsp3) is 0.478. The molecule has 2 N–H and O–H groups in total. The summed E-state index contributed by atoms with van der Waals surface area (Å²) in [6, 6.07) is 8.10. The Morgan fingerprint density at radius 2 is 1.90 bits per heavy atom. The molecule has 2 saturated heterocycles. The third kappa shape index (κ3) is 4.95. The largest absolute Gasteiger partial charge is 0.483 e. The number of carbonyl (C=O) groups excluding carboxylic acids is 2. The number of amides is 2. The van der Waals surface area contributed by atoms with Gasteiger partial charge in [-0.05, 0) is 63.1 Å². The number of carboxylic acid groups (broad SMARTS) is 1. The SMILES string of the molecule is Cc1ccc(N2CCCC3(CCCN3C(=O)CCCc3cn[nH]c3)C2=O)cc1.O=CO. The summed E-state index contributed by atoms with van der Waals surface area (Å²) in [7, 11) is 0. The lowest BCUT2D eigenvalue weighted by Crippen LogP contribution is -2.61. The number of hydrogen-bond donors (Lipinski definition) is 2. The molecule has 0 aliphatic carbocycles. The number of aromatic nitrogens is 2. The molecular formula is C23H30N4O4. The highest BCUT2D eigenvalue weighted by molar-refractivity contribution is 6.03. The fourth-order valence-electron chi connectivity index (χ4n) is 4.68. The van der Waals surface area contributed by atoms with Gasteiger partial charge >= 0.3 is 0 Å². The van der Waals surface area contributed by atoms with E-state index < -0.39 is 5.54 Å². The van der Waals surface area contributed by atoms with Crippen LogP contribution in [0.2, 0.25) is 0 Å². The zero-order valence-electron chi connectivity index (χ0n) is 17.9. The van der Waals surface area contributed by atoms with Crippen molar-refractivity contribution in [2.24, 2.45) is 0 Å². The highest BCUT2D eigenvalue weighted by atomic mass is 16.3. The molecular weight excluding hydrogens is 396 g/mol. The quantitative estimate of drug-likeness (QED) is 0.715. The molecule has 8 heteroatoms. The zero-order chi connectivity index (χ0) is 22.3. The minimum absolute atomic E-state index is 0.100. The Balaban J connectivity index is 0.000000858. The molecule has 1 unspecified atom stereocenters. The van der Waals surface area contributed by atoms with E-state index in [0.717, 1.165) is 56.3 Å². The molecule has 1 spiro atoms. The Morgan fingerprint density at radius 1 is 1.23 bits per heavy atom. The van der Waals surface area contributed by atoms with E-state index in [1.807, 2.05) is 47.2 Å². The lowest BCUT2D eigenvalue weighted by Gasteiger charge is -2.44. The van der Waals surface area contributed by atoms with E-state index in [1.54, 1.807) is 6.20 Å². The third-order valence-corrected chi connectivity index (χ3v) is 6.16. The van der Waals surface area contributed by atoms with Crippen LogP contribution in [0.5, 0.6) is 0 Å².